The molecule has 1 aliphatic carbocycles. The predicted octanol–water partition coefficient (Wildman–Crippen LogP) is 2.31. The van der Waals surface area contributed by atoms with Crippen molar-refractivity contribution in [3.63, 3.8) is 0 Å². The Morgan fingerprint density at radius 3 is 2.85 bits per heavy atom. The molecule has 0 aromatic rings. The van der Waals surface area contributed by atoms with E-state index in [9.17, 15) is 4.79 Å². The molecule has 2 aliphatic rings. The average molecular weight is 182 g/mol. The molecule has 0 bridgehead atoms. The third kappa shape index (κ3) is 1.78. The summed E-state index contributed by atoms with van der Waals surface area (Å²) >= 11 is 0. The van der Waals surface area contributed by atoms with Gasteiger partial charge in [-0.05, 0) is 31.6 Å². The Bertz CT molecular complexity index is 202. The molecule has 3 atom stereocenters. The largest absolute Gasteiger partial charge is 0.364 e. The maximum absolute atomic E-state index is 10.6. The van der Waals surface area contributed by atoms with Gasteiger partial charge in [0, 0.05) is 0 Å². The van der Waals surface area contributed by atoms with Gasteiger partial charge in [0.2, 0.25) is 0 Å². The lowest BCUT2D eigenvalue weighted by Gasteiger charge is -2.36. The monoisotopic (exact) mass is 182 g/mol. The molecule has 0 N–H and O–H groups in total. The van der Waals surface area contributed by atoms with Crippen molar-refractivity contribution in [2.24, 2.45) is 5.92 Å². The first-order chi connectivity index (χ1) is 6.24. The first kappa shape index (κ1) is 9.20. The summed E-state index contributed by atoms with van der Waals surface area (Å²) in [5.74, 6) is 0.777. The summed E-state index contributed by atoms with van der Waals surface area (Å²) in [5, 5.41) is 0. The van der Waals surface area contributed by atoms with E-state index in [0.29, 0.717) is 0 Å². The number of rotatable bonds is 1. The van der Waals surface area contributed by atoms with Gasteiger partial charge in [-0.2, -0.15) is 0 Å². The fourth-order valence-corrected chi connectivity index (χ4v) is 2.89. The van der Waals surface area contributed by atoms with Gasteiger partial charge in [0.25, 0.3) is 0 Å². The highest BCUT2D eigenvalue weighted by atomic mass is 16.5. The SMILES string of the molecule is CC1CCCC2(CCC(C=O)O2)C1. The molecule has 2 nitrogen and oxygen atoms in total. The van der Waals surface area contributed by atoms with Crippen LogP contribution in [0.5, 0.6) is 0 Å². The van der Waals surface area contributed by atoms with E-state index < -0.39 is 0 Å². The maximum atomic E-state index is 10.6. The molecule has 2 fully saturated rings. The Morgan fingerprint density at radius 2 is 2.23 bits per heavy atom. The first-order valence-corrected chi connectivity index (χ1v) is 5.37. The third-order valence-electron chi connectivity index (χ3n) is 3.49. The summed E-state index contributed by atoms with van der Waals surface area (Å²) in [6, 6.07) is 0. The number of ether oxygens (including phenoxy) is 1. The van der Waals surface area contributed by atoms with Crippen molar-refractivity contribution in [2.45, 2.75) is 57.2 Å². The molecule has 1 aliphatic heterocycles. The molecule has 13 heavy (non-hydrogen) atoms. The van der Waals surface area contributed by atoms with E-state index in [1.165, 1.54) is 19.3 Å². The molecule has 0 amide bonds. The van der Waals surface area contributed by atoms with Crippen molar-refractivity contribution in [1.29, 1.82) is 0 Å². The van der Waals surface area contributed by atoms with Gasteiger partial charge in [0.05, 0.1) is 5.60 Å². The van der Waals surface area contributed by atoms with E-state index in [1.807, 2.05) is 0 Å². The standard InChI is InChI=1S/C11H18O2/c1-9-3-2-5-11(7-9)6-4-10(8-12)13-11/h8-10H,2-7H2,1H3. The molecule has 1 saturated carbocycles. The normalized spacial score (nSPS) is 45.3. The lowest BCUT2D eigenvalue weighted by molar-refractivity contribution is -0.126. The zero-order valence-electron chi connectivity index (χ0n) is 8.29. The quantitative estimate of drug-likeness (QED) is 0.582. The lowest BCUT2D eigenvalue weighted by atomic mass is 9.77. The zero-order valence-corrected chi connectivity index (χ0v) is 8.29. The van der Waals surface area contributed by atoms with Crippen LogP contribution in [0.3, 0.4) is 0 Å². The zero-order chi connectivity index (χ0) is 9.31. The van der Waals surface area contributed by atoms with Crippen LogP contribution in [0.25, 0.3) is 0 Å². The highest BCUT2D eigenvalue weighted by Crippen LogP contribution is 2.43. The third-order valence-corrected chi connectivity index (χ3v) is 3.49. The fraction of sp³-hybridized carbons (Fsp3) is 0.909. The van der Waals surface area contributed by atoms with E-state index in [2.05, 4.69) is 6.92 Å². The predicted molar refractivity (Wildman–Crippen MR) is 50.5 cm³/mol. The molecular formula is C11H18O2. The Kier molecular flexibility index (Phi) is 2.41. The second kappa shape index (κ2) is 3.41. The second-order valence-corrected chi connectivity index (χ2v) is 4.72. The number of aldehydes is 1. The van der Waals surface area contributed by atoms with Gasteiger partial charge in [-0.15, -0.1) is 0 Å². The molecule has 0 aromatic heterocycles. The van der Waals surface area contributed by atoms with Gasteiger partial charge >= 0.3 is 0 Å². The van der Waals surface area contributed by atoms with Crippen LogP contribution >= 0.6 is 0 Å². The van der Waals surface area contributed by atoms with Crippen molar-refractivity contribution < 1.29 is 9.53 Å². The van der Waals surface area contributed by atoms with E-state index >= 15 is 0 Å². The second-order valence-electron chi connectivity index (χ2n) is 4.72. The summed E-state index contributed by atoms with van der Waals surface area (Å²) < 4.78 is 5.84. The minimum atomic E-state index is -0.106. The Morgan fingerprint density at radius 1 is 1.38 bits per heavy atom. The Labute approximate surface area is 79.7 Å². The summed E-state index contributed by atoms with van der Waals surface area (Å²) in [6.45, 7) is 2.29. The van der Waals surface area contributed by atoms with Gasteiger partial charge in [-0.1, -0.05) is 19.8 Å². The van der Waals surface area contributed by atoms with Crippen molar-refractivity contribution in [2.75, 3.05) is 0 Å². The van der Waals surface area contributed by atoms with Gasteiger partial charge in [-0.25, -0.2) is 0 Å². The van der Waals surface area contributed by atoms with E-state index in [1.54, 1.807) is 0 Å². The van der Waals surface area contributed by atoms with Crippen LogP contribution in [0.15, 0.2) is 0 Å². The summed E-state index contributed by atoms with van der Waals surface area (Å²) in [4.78, 5) is 10.6. The van der Waals surface area contributed by atoms with Crippen molar-refractivity contribution >= 4 is 6.29 Å². The molecule has 3 unspecified atom stereocenters. The molecule has 1 saturated heterocycles. The van der Waals surface area contributed by atoms with Gasteiger partial charge in [-0.3, -0.25) is 0 Å². The Balaban J connectivity index is 2.00. The van der Waals surface area contributed by atoms with Crippen LogP contribution in [0.2, 0.25) is 0 Å². The Hall–Kier alpha value is -0.370. The highest BCUT2D eigenvalue weighted by Gasteiger charge is 2.42. The molecule has 2 heteroatoms. The molecular weight excluding hydrogens is 164 g/mol. The fourth-order valence-electron chi connectivity index (χ4n) is 2.89. The summed E-state index contributed by atoms with van der Waals surface area (Å²) in [6.07, 6.45) is 7.83. The molecule has 1 spiro atoms. The van der Waals surface area contributed by atoms with Crippen LogP contribution in [-0.4, -0.2) is 18.0 Å². The van der Waals surface area contributed by atoms with Gasteiger partial charge < -0.3 is 9.53 Å². The molecule has 74 valence electrons. The van der Waals surface area contributed by atoms with Crippen LogP contribution in [0.1, 0.15) is 45.4 Å². The number of hydrogen-bond donors (Lipinski definition) is 0. The smallest absolute Gasteiger partial charge is 0.148 e. The van der Waals surface area contributed by atoms with Crippen LogP contribution in [0, 0.1) is 5.92 Å². The summed E-state index contributed by atoms with van der Waals surface area (Å²) in [5.41, 5.74) is 0.0866. The van der Waals surface area contributed by atoms with E-state index in [0.717, 1.165) is 31.5 Å². The summed E-state index contributed by atoms with van der Waals surface area (Å²) in [7, 11) is 0. The number of carbonyl (C=O) groups excluding carboxylic acids is 1. The van der Waals surface area contributed by atoms with Crippen LogP contribution in [0.4, 0.5) is 0 Å². The van der Waals surface area contributed by atoms with Gasteiger partial charge in [0.1, 0.15) is 12.4 Å². The first-order valence-electron chi connectivity index (χ1n) is 5.37. The van der Waals surface area contributed by atoms with Crippen molar-refractivity contribution in [3.8, 4) is 0 Å². The van der Waals surface area contributed by atoms with Crippen molar-refractivity contribution in [3.05, 3.63) is 0 Å². The molecule has 0 aromatic carbocycles. The molecule has 0 radical (unpaired) electrons. The number of carbonyl (C=O) groups is 1. The van der Waals surface area contributed by atoms with E-state index in [4.69, 9.17) is 4.74 Å². The number of hydrogen-bond acceptors (Lipinski definition) is 2. The molecule has 2 rings (SSSR count). The van der Waals surface area contributed by atoms with Crippen molar-refractivity contribution in [1.82, 2.24) is 0 Å². The highest BCUT2D eigenvalue weighted by molar-refractivity contribution is 5.56. The lowest BCUT2D eigenvalue weighted by Crippen LogP contribution is -2.35. The minimum absolute atomic E-state index is 0.0866. The average Bonchev–Trinajstić information content (AvgIpc) is 2.48. The van der Waals surface area contributed by atoms with Gasteiger partial charge in [0.15, 0.2) is 0 Å². The van der Waals surface area contributed by atoms with Crippen LogP contribution in [-0.2, 0) is 9.53 Å². The molecule has 1 heterocycles. The van der Waals surface area contributed by atoms with Crippen LogP contribution < -0.4 is 0 Å². The topological polar surface area (TPSA) is 26.3 Å². The maximum Gasteiger partial charge on any atom is 0.148 e. The van der Waals surface area contributed by atoms with E-state index in [-0.39, 0.29) is 11.7 Å². The minimum Gasteiger partial charge on any atom is -0.364 e.